The minimum Gasteiger partial charge on any atom is -0.480 e. The SMILES string of the molecule is O=C(O)Cn1c2c(c3ccccc31)CC(C(=O)Nc1cccc(F)c1)CC2. The fraction of sp³-hybridized carbons (Fsp3) is 0.238. The predicted molar refractivity (Wildman–Crippen MR) is 100 cm³/mol. The molecule has 2 aromatic carbocycles. The molecular formula is C21H19FN2O3. The highest BCUT2D eigenvalue weighted by Gasteiger charge is 2.29. The van der Waals surface area contributed by atoms with Crippen molar-refractivity contribution in [2.75, 3.05) is 5.32 Å². The Kier molecular flexibility index (Phi) is 4.39. The van der Waals surface area contributed by atoms with Crippen LogP contribution in [0.5, 0.6) is 0 Å². The number of hydrogen-bond donors (Lipinski definition) is 2. The van der Waals surface area contributed by atoms with Crippen LogP contribution in [0.25, 0.3) is 10.9 Å². The van der Waals surface area contributed by atoms with Gasteiger partial charge in [0, 0.05) is 28.2 Å². The second kappa shape index (κ2) is 6.87. The van der Waals surface area contributed by atoms with E-state index in [1.165, 1.54) is 12.1 Å². The first-order valence-electron chi connectivity index (χ1n) is 8.90. The number of carboxylic acid groups (broad SMARTS) is 1. The fourth-order valence-electron chi connectivity index (χ4n) is 3.95. The topological polar surface area (TPSA) is 71.3 Å². The summed E-state index contributed by atoms with van der Waals surface area (Å²) in [5.41, 5.74) is 3.36. The van der Waals surface area contributed by atoms with Crippen molar-refractivity contribution in [3.8, 4) is 0 Å². The number of aliphatic carboxylic acids is 1. The zero-order valence-electron chi connectivity index (χ0n) is 14.6. The molecule has 1 aliphatic rings. The molecule has 0 saturated carbocycles. The quantitative estimate of drug-likeness (QED) is 0.741. The Morgan fingerprint density at radius 2 is 2.00 bits per heavy atom. The number of benzene rings is 2. The molecule has 3 aromatic rings. The minimum atomic E-state index is -0.885. The van der Waals surface area contributed by atoms with Gasteiger partial charge < -0.3 is 15.0 Å². The molecular weight excluding hydrogens is 347 g/mol. The number of nitrogens with one attached hydrogen (secondary N) is 1. The molecule has 1 aliphatic carbocycles. The first-order chi connectivity index (χ1) is 13.0. The number of rotatable bonds is 4. The zero-order valence-corrected chi connectivity index (χ0v) is 14.6. The average molecular weight is 366 g/mol. The van der Waals surface area contributed by atoms with E-state index in [9.17, 15) is 19.1 Å². The normalized spacial score (nSPS) is 16.1. The Morgan fingerprint density at radius 1 is 1.19 bits per heavy atom. The van der Waals surface area contributed by atoms with Crippen molar-refractivity contribution in [1.82, 2.24) is 4.57 Å². The number of aromatic nitrogens is 1. The second-order valence-corrected chi connectivity index (χ2v) is 6.86. The Labute approximate surface area is 155 Å². The van der Waals surface area contributed by atoms with Crippen LogP contribution >= 0.6 is 0 Å². The van der Waals surface area contributed by atoms with Crippen LogP contribution in [0.15, 0.2) is 48.5 Å². The number of nitrogens with zero attached hydrogens (tertiary/aromatic N) is 1. The first kappa shape index (κ1) is 17.3. The number of amides is 1. The summed E-state index contributed by atoms with van der Waals surface area (Å²) in [6.07, 6.45) is 1.81. The maximum absolute atomic E-state index is 13.3. The lowest BCUT2D eigenvalue weighted by atomic mass is 9.85. The largest absolute Gasteiger partial charge is 0.480 e. The van der Waals surface area contributed by atoms with Crippen LogP contribution in [0.1, 0.15) is 17.7 Å². The molecule has 2 N–H and O–H groups in total. The molecule has 0 radical (unpaired) electrons. The van der Waals surface area contributed by atoms with Crippen molar-refractivity contribution in [1.29, 1.82) is 0 Å². The number of anilines is 1. The summed E-state index contributed by atoms with van der Waals surface area (Å²) in [4.78, 5) is 24.0. The monoisotopic (exact) mass is 366 g/mol. The van der Waals surface area contributed by atoms with Crippen molar-refractivity contribution in [2.24, 2.45) is 5.92 Å². The molecule has 1 amide bonds. The van der Waals surface area contributed by atoms with Crippen molar-refractivity contribution in [3.05, 3.63) is 65.6 Å². The molecule has 0 spiro atoms. The number of carbonyl (C=O) groups is 2. The molecule has 5 nitrogen and oxygen atoms in total. The Balaban J connectivity index is 1.63. The Morgan fingerprint density at radius 3 is 2.78 bits per heavy atom. The molecule has 1 heterocycles. The molecule has 27 heavy (non-hydrogen) atoms. The van der Waals surface area contributed by atoms with E-state index in [4.69, 9.17) is 0 Å². The molecule has 1 aromatic heterocycles. The molecule has 138 valence electrons. The van der Waals surface area contributed by atoms with Crippen LogP contribution < -0.4 is 5.32 Å². The summed E-state index contributed by atoms with van der Waals surface area (Å²) in [6.45, 7) is -0.0873. The smallest absolute Gasteiger partial charge is 0.323 e. The summed E-state index contributed by atoms with van der Waals surface area (Å²) < 4.78 is 15.2. The number of fused-ring (bicyclic) bond motifs is 3. The molecule has 6 heteroatoms. The molecule has 0 fully saturated rings. The van der Waals surface area contributed by atoms with Gasteiger partial charge in [-0.1, -0.05) is 24.3 Å². The van der Waals surface area contributed by atoms with Crippen molar-refractivity contribution in [3.63, 3.8) is 0 Å². The average Bonchev–Trinajstić information content (AvgIpc) is 2.95. The van der Waals surface area contributed by atoms with Gasteiger partial charge in [-0.25, -0.2) is 4.39 Å². The van der Waals surface area contributed by atoms with Crippen LogP contribution in [-0.2, 0) is 29.0 Å². The maximum Gasteiger partial charge on any atom is 0.323 e. The molecule has 1 atom stereocenters. The van der Waals surface area contributed by atoms with Gasteiger partial charge >= 0.3 is 5.97 Å². The van der Waals surface area contributed by atoms with E-state index in [1.54, 1.807) is 12.1 Å². The number of para-hydroxylation sites is 1. The lowest BCUT2D eigenvalue weighted by Crippen LogP contribution is -2.29. The van der Waals surface area contributed by atoms with Crippen LogP contribution in [0.3, 0.4) is 0 Å². The lowest BCUT2D eigenvalue weighted by Gasteiger charge is -2.23. The van der Waals surface area contributed by atoms with Crippen LogP contribution in [-0.4, -0.2) is 21.6 Å². The van der Waals surface area contributed by atoms with Gasteiger partial charge in [0.25, 0.3) is 0 Å². The highest BCUT2D eigenvalue weighted by Crippen LogP contribution is 2.35. The predicted octanol–water partition coefficient (Wildman–Crippen LogP) is 3.61. The highest BCUT2D eigenvalue weighted by molar-refractivity contribution is 5.94. The van der Waals surface area contributed by atoms with Gasteiger partial charge in [0.05, 0.1) is 0 Å². The van der Waals surface area contributed by atoms with Crippen molar-refractivity contribution < 1.29 is 19.1 Å². The molecule has 0 aliphatic heterocycles. The minimum absolute atomic E-state index is 0.0873. The third kappa shape index (κ3) is 3.30. The zero-order chi connectivity index (χ0) is 19.0. The number of halogens is 1. The number of carboxylic acids is 1. The summed E-state index contributed by atoms with van der Waals surface area (Å²) in [7, 11) is 0. The maximum atomic E-state index is 13.3. The van der Waals surface area contributed by atoms with E-state index in [2.05, 4.69) is 5.32 Å². The van der Waals surface area contributed by atoms with Crippen molar-refractivity contribution in [2.45, 2.75) is 25.8 Å². The Hall–Kier alpha value is -3.15. The van der Waals surface area contributed by atoms with E-state index in [1.807, 2.05) is 28.8 Å². The van der Waals surface area contributed by atoms with Gasteiger partial charge in [-0.2, -0.15) is 0 Å². The van der Waals surface area contributed by atoms with Gasteiger partial charge in [-0.3, -0.25) is 9.59 Å². The van der Waals surface area contributed by atoms with Gasteiger partial charge in [0.2, 0.25) is 5.91 Å². The highest BCUT2D eigenvalue weighted by atomic mass is 19.1. The third-order valence-electron chi connectivity index (χ3n) is 5.13. The molecule has 4 rings (SSSR count). The Bertz CT molecular complexity index is 1040. The summed E-state index contributed by atoms with van der Waals surface area (Å²) in [6, 6.07) is 13.5. The van der Waals surface area contributed by atoms with Crippen LogP contribution in [0.4, 0.5) is 10.1 Å². The van der Waals surface area contributed by atoms with E-state index >= 15 is 0 Å². The van der Waals surface area contributed by atoms with Crippen LogP contribution in [0.2, 0.25) is 0 Å². The summed E-state index contributed by atoms with van der Waals surface area (Å²) in [5.74, 6) is -1.65. The number of carbonyl (C=O) groups excluding carboxylic acids is 1. The van der Waals surface area contributed by atoms with Gasteiger partial charge in [0.1, 0.15) is 12.4 Å². The molecule has 0 bridgehead atoms. The fourth-order valence-corrected chi connectivity index (χ4v) is 3.95. The summed E-state index contributed by atoms with van der Waals surface area (Å²) >= 11 is 0. The number of hydrogen-bond acceptors (Lipinski definition) is 2. The third-order valence-corrected chi connectivity index (χ3v) is 5.13. The van der Waals surface area contributed by atoms with E-state index in [0.717, 1.165) is 22.2 Å². The van der Waals surface area contributed by atoms with E-state index in [-0.39, 0.29) is 18.4 Å². The molecule has 1 unspecified atom stereocenters. The van der Waals surface area contributed by atoms with Gasteiger partial charge in [-0.05, 0) is 49.1 Å². The summed E-state index contributed by atoms with van der Waals surface area (Å²) in [5, 5.41) is 13.0. The van der Waals surface area contributed by atoms with Gasteiger partial charge in [0.15, 0.2) is 0 Å². The van der Waals surface area contributed by atoms with Crippen molar-refractivity contribution >= 4 is 28.5 Å². The standard InChI is InChI=1S/C21H19FN2O3/c22-14-4-3-5-15(11-14)23-21(27)13-8-9-19-17(10-13)16-6-1-2-7-18(16)24(19)12-20(25)26/h1-7,11,13H,8-10,12H2,(H,23,27)(H,25,26). The van der Waals surface area contributed by atoms with Gasteiger partial charge in [-0.15, -0.1) is 0 Å². The first-order valence-corrected chi connectivity index (χ1v) is 8.90. The second-order valence-electron chi connectivity index (χ2n) is 6.86. The lowest BCUT2D eigenvalue weighted by molar-refractivity contribution is -0.137. The van der Waals surface area contributed by atoms with E-state index in [0.29, 0.717) is 24.9 Å². The van der Waals surface area contributed by atoms with Crippen LogP contribution in [0, 0.1) is 11.7 Å². The molecule has 0 saturated heterocycles. The van der Waals surface area contributed by atoms with E-state index < -0.39 is 11.8 Å².